The number of fused-ring (bicyclic) bond motifs is 1. The van der Waals surface area contributed by atoms with Crippen molar-refractivity contribution in [1.29, 1.82) is 0 Å². The third-order valence-corrected chi connectivity index (χ3v) is 7.02. The first-order valence-electron chi connectivity index (χ1n) is 12.6. The third kappa shape index (κ3) is 5.22. The summed E-state index contributed by atoms with van der Waals surface area (Å²) in [6.45, 7) is 5.61. The fraction of sp³-hybridized carbons (Fsp3) is 0.290. The molecule has 178 valence electrons. The van der Waals surface area contributed by atoms with Crippen molar-refractivity contribution in [1.82, 2.24) is 9.78 Å². The van der Waals surface area contributed by atoms with Gasteiger partial charge in [0.05, 0.1) is 25.2 Å². The van der Waals surface area contributed by atoms with E-state index in [0.29, 0.717) is 19.0 Å². The van der Waals surface area contributed by atoms with Gasteiger partial charge in [0.1, 0.15) is 0 Å². The van der Waals surface area contributed by atoms with E-state index < -0.39 is 0 Å². The highest BCUT2D eigenvalue weighted by atomic mass is 16.2. The summed E-state index contributed by atoms with van der Waals surface area (Å²) < 4.78 is 1.95. The monoisotopic (exact) mass is 463 g/mol. The van der Waals surface area contributed by atoms with Gasteiger partial charge in [-0.2, -0.15) is 5.10 Å². The fourth-order valence-corrected chi connectivity index (χ4v) is 5.06. The first-order chi connectivity index (χ1) is 17.1. The Morgan fingerprint density at radius 3 is 2.49 bits per heavy atom. The second-order valence-corrected chi connectivity index (χ2v) is 9.85. The van der Waals surface area contributed by atoms with Gasteiger partial charge in [-0.15, -0.1) is 0 Å². The van der Waals surface area contributed by atoms with E-state index in [1.807, 2.05) is 34.0 Å². The van der Waals surface area contributed by atoms with E-state index in [9.17, 15) is 4.79 Å². The molecule has 0 fully saturated rings. The Morgan fingerprint density at radius 2 is 1.71 bits per heavy atom. The normalized spacial score (nSPS) is 15.1. The van der Waals surface area contributed by atoms with Crippen molar-refractivity contribution in [3.8, 4) is 0 Å². The predicted octanol–water partition coefficient (Wildman–Crippen LogP) is 6.71. The molecule has 0 bridgehead atoms. The van der Waals surface area contributed by atoms with E-state index in [1.165, 1.54) is 22.3 Å². The topological polar surface area (TPSA) is 38.1 Å². The maximum Gasteiger partial charge on any atom is 0.234 e. The predicted molar refractivity (Wildman–Crippen MR) is 142 cm³/mol. The largest absolute Gasteiger partial charge is 0.307 e. The van der Waals surface area contributed by atoms with Crippen LogP contribution in [-0.4, -0.2) is 15.7 Å². The maximum atomic E-state index is 14.1. The Labute approximate surface area is 208 Å². The van der Waals surface area contributed by atoms with Crippen LogP contribution in [-0.2, 0) is 24.3 Å². The molecule has 1 aliphatic carbocycles. The van der Waals surface area contributed by atoms with Gasteiger partial charge in [-0.25, -0.2) is 0 Å². The third-order valence-electron chi connectivity index (χ3n) is 7.02. The van der Waals surface area contributed by atoms with Gasteiger partial charge in [0, 0.05) is 17.4 Å². The zero-order valence-electron chi connectivity index (χ0n) is 20.6. The highest BCUT2D eigenvalue weighted by Gasteiger charge is 2.31. The first kappa shape index (κ1) is 23.1. The van der Waals surface area contributed by atoms with Crippen molar-refractivity contribution >= 4 is 11.6 Å². The molecule has 0 saturated carbocycles. The summed E-state index contributed by atoms with van der Waals surface area (Å²) in [5.74, 6) is 0.518. The van der Waals surface area contributed by atoms with Gasteiger partial charge in [-0.1, -0.05) is 80.6 Å². The second kappa shape index (κ2) is 10.3. The average molecular weight is 464 g/mol. The van der Waals surface area contributed by atoms with Crippen LogP contribution in [0.1, 0.15) is 66.3 Å². The standard InChI is InChI=1S/C31H33N3O/c1-23(2)26-15-17-28(18-16-26)34(31(35)30-14-8-12-27-11-6-7-13-29(27)30)22-25-19-32-33(21-25)20-24-9-4-3-5-10-24/h3-7,9-11,13,15-19,21,23,30H,8,12,14,20,22H2,1-2H3. The minimum absolute atomic E-state index is 0.107. The van der Waals surface area contributed by atoms with Crippen molar-refractivity contribution in [3.63, 3.8) is 0 Å². The van der Waals surface area contributed by atoms with Gasteiger partial charge < -0.3 is 4.90 Å². The molecule has 1 aromatic heterocycles. The van der Waals surface area contributed by atoms with Gasteiger partial charge in [0.15, 0.2) is 0 Å². The molecule has 1 aliphatic rings. The summed E-state index contributed by atoms with van der Waals surface area (Å²) in [6, 6.07) is 27.2. The molecule has 0 N–H and O–H groups in total. The molecular weight excluding hydrogens is 430 g/mol. The number of benzene rings is 3. The first-order valence-corrected chi connectivity index (χ1v) is 12.6. The number of anilines is 1. The minimum atomic E-state index is -0.107. The number of aromatic nitrogens is 2. The van der Waals surface area contributed by atoms with Crippen LogP contribution in [0.15, 0.2) is 91.3 Å². The zero-order chi connectivity index (χ0) is 24.2. The molecule has 0 saturated heterocycles. The summed E-state index contributed by atoms with van der Waals surface area (Å²) in [5, 5.41) is 4.58. The van der Waals surface area contributed by atoms with Crippen molar-refractivity contribution in [3.05, 3.63) is 119 Å². The summed E-state index contributed by atoms with van der Waals surface area (Å²) in [4.78, 5) is 16.0. The Balaban J connectivity index is 1.44. The molecule has 35 heavy (non-hydrogen) atoms. The molecule has 4 aromatic rings. The lowest BCUT2D eigenvalue weighted by molar-refractivity contribution is -0.120. The summed E-state index contributed by atoms with van der Waals surface area (Å²) in [7, 11) is 0. The lowest BCUT2D eigenvalue weighted by atomic mass is 9.82. The van der Waals surface area contributed by atoms with Gasteiger partial charge in [0.2, 0.25) is 5.91 Å². The van der Waals surface area contributed by atoms with E-state index in [2.05, 4.69) is 85.8 Å². The Kier molecular flexibility index (Phi) is 6.80. The Bertz CT molecular complexity index is 1270. The molecule has 1 heterocycles. The Hall–Kier alpha value is -3.66. The summed E-state index contributed by atoms with van der Waals surface area (Å²) in [5.41, 5.74) is 6.96. The number of hydrogen-bond donors (Lipinski definition) is 0. The Morgan fingerprint density at radius 1 is 0.971 bits per heavy atom. The van der Waals surface area contributed by atoms with Crippen LogP contribution >= 0.6 is 0 Å². The zero-order valence-corrected chi connectivity index (χ0v) is 20.6. The van der Waals surface area contributed by atoms with Crippen LogP contribution in [0.2, 0.25) is 0 Å². The number of amides is 1. The molecule has 1 unspecified atom stereocenters. The highest BCUT2D eigenvalue weighted by Crippen LogP contribution is 2.35. The van der Waals surface area contributed by atoms with Gasteiger partial charge in [-0.05, 0) is 59.6 Å². The molecule has 0 spiro atoms. The molecule has 1 amide bonds. The van der Waals surface area contributed by atoms with Crippen molar-refractivity contribution in [2.75, 3.05) is 4.90 Å². The van der Waals surface area contributed by atoms with Crippen LogP contribution in [0.3, 0.4) is 0 Å². The second-order valence-electron chi connectivity index (χ2n) is 9.85. The molecule has 1 atom stereocenters. The lowest BCUT2D eigenvalue weighted by Crippen LogP contribution is -2.36. The molecule has 3 aromatic carbocycles. The average Bonchev–Trinajstić information content (AvgIpc) is 3.34. The SMILES string of the molecule is CC(C)c1ccc(N(Cc2cnn(Cc3ccccc3)c2)C(=O)C2CCCc3ccccc32)cc1. The van der Waals surface area contributed by atoms with Crippen LogP contribution in [0.5, 0.6) is 0 Å². The highest BCUT2D eigenvalue weighted by molar-refractivity contribution is 5.98. The maximum absolute atomic E-state index is 14.1. The number of hydrogen-bond acceptors (Lipinski definition) is 2. The van der Waals surface area contributed by atoms with Gasteiger partial charge >= 0.3 is 0 Å². The van der Waals surface area contributed by atoms with Crippen LogP contribution < -0.4 is 4.90 Å². The van der Waals surface area contributed by atoms with E-state index in [4.69, 9.17) is 0 Å². The lowest BCUT2D eigenvalue weighted by Gasteiger charge is -2.31. The molecule has 0 radical (unpaired) electrons. The molecular formula is C31H33N3O. The molecule has 5 rings (SSSR count). The smallest absolute Gasteiger partial charge is 0.234 e. The molecule has 4 heteroatoms. The summed E-state index contributed by atoms with van der Waals surface area (Å²) in [6.07, 6.45) is 6.94. The van der Waals surface area contributed by atoms with E-state index in [-0.39, 0.29) is 11.8 Å². The van der Waals surface area contributed by atoms with E-state index >= 15 is 0 Å². The number of carbonyl (C=O) groups is 1. The van der Waals surface area contributed by atoms with Crippen LogP contribution in [0.4, 0.5) is 5.69 Å². The number of carbonyl (C=O) groups excluding carboxylic acids is 1. The molecule has 0 aliphatic heterocycles. The fourth-order valence-electron chi connectivity index (χ4n) is 5.06. The van der Waals surface area contributed by atoms with Gasteiger partial charge in [-0.3, -0.25) is 9.48 Å². The van der Waals surface area contributed by atoms with E-state index in [1.54, 1.807) is 0 Å². The van der Waals surface area contributed by atoms with Crippen molar-refractivity contribution < 1.29 is 4.79 Å². The number of aryl methyl sites for hydroxylation is 1. The van der Waals surface area contributed by atoms with Crippen LogP contribution in [0, 0.1) is 0 Å². The van der Waals surface area contributed by atoms with Crippen molar-refractivity contribution in [2.45, 2.75) is 58.0 Å². The van der Waals surface area contributed by atoms with Crippen LogP contribution in [0.25, 0.3) is 0 Å². The number of nitrogens with zero attached hydrogens (tertiary/aromatic N) is 3. The molecule has 4 nitrogen and oxygen atoms in total. The van der Waals surface area contributed by atoms with Crippen molar-refractivity contribution in [2.24, 2.45) is 0 Å². The van der Waals surface area contributed by atoms with E-state index in [0.717, 1.165) is 30.5 Å². The quantitative estimate of drug-likeness (QED) is 0.306. The minimum Gasteiger partial charge on any atom is -0.307 e. The van der Waals surface area contributed by atoms with Gasteiger partial charge in [0.25, 0.3) is 0 Å². The number of rotatable bonds is 7. The summed E-state index contributed by atoms with van der Waals surface area (Å²) >= 11 is 0.